The Hall–Kier alpha value is 0.570. The molecule has 0 aromatic carbocycles. The van der Waals surface area contributed by atoms with E-state index in [2.05, 4.69) is 36.6 Å². The van der Waals surface area contributed by atoms with Crippen LogP contribution in [0.2, 0.25) is 0 Å². The molecule has 0 amide bonds. The zero-order valence-electron chi connectivity index (χ0n) is 8.96. The molecular weight excluding hydrogens is 378 g/mol. The highest BCUT2D eigenvalue weighted by Crippen LogP contribution is 2.30. The summed E-state index contributed by atoms with van der Waals surface area (Å²) in [6, 6.07) is 1.61. The van der Waals surface area contributed by atoms with Gasteiger partial charge in [0.05, 0.1) is 3.79 Å². The third kappa shape index (κ3) is 3.53. The van der Waals surface area contributed by atoms with Gasteiger partial charge in [0.15, 0.2) is 0 Å². The normalized spacial score (nSPS) is 14.0. The smallest absolute Gasteiger partial charge is 0.207 e. The van der Waals surface area contributed by atoms with Gasteiger partial charge in [-0.05, 0) is 40.9 Å². The fourth-order valence-corrected chi connectivity index (χ4v) is 5.46. The van der Waals surface area contributed by atoms with Crippen molar-refractivity contribution in [3.05, 3.63) is 15.4 Å². The van der Waals surface area contributed by atoms with E-state index in [1.165, 1.54) is 11.3 Å². The van der Waals surface area contributed by atoms with E-state index in [1.807, 2.05) is 13.8 Å². The number of hydrogen-bond acceptors (Lipinski definition) is 3. The number of halogens is 2. The molecule has 0 saturated carbocycles. The Balaban J connectivity index is 2.94. The second-order valence-corrected chi connectivity index (χ2v) is 8.36. The molecule has 1 aromatic rings. The van der Waals surface area contributed by atoms with Crippen molar-refractivity contribution in [1.29, 1.82) is 0 Å². The summed E-state index contributed by atoms with van der Waals surface area (Å²) < 4.78 is 27.9. The third-order valence-electron chi connectivity index (χ3n) is 2.10. The number of aryl methyl sites for hydroxylation is 1. The highest BCUT2D eigenvalue weighted by molar-refractivity contribution is 9.11. The molecule has 1 N–H and O–H groups in total. The zero-order chi connectivity index (χ0) is 12.3. The van der Waals surface area contributed by atoms with E-state index in [-0.39, 0.29) is 6.04 Å². The van der Waals surface area contributed by atoms with Crippen molar-refractivity contribution in [2.75, 3.05) is 5.33 Å². The first-order valence-corrected chi connectivity index (χ1v) is 8.96. The van der Waals surface area contributed by atoms with Crippen LogP contribution in [-0.4, -0.2) is 19.8 Å². The second kappa shape index (κ2) is 5.95. The number of alkyl halides is 1. The second-order valence-electron chi connectivity index (χ2n) is 3.40. The summed E-state index contributed by atoms with van der Waals surface area (Å²) in [6.45, 7) is 3.82. The van der Waals surface area contributed by atoms with Gasteiger partial charge in [-0.1, -0.05) is 22.9 Å². The zero-order valence-corrected chi connectivity index (χ0v) is 13.8. The minimum absolute atomic E-state index is 0.0637. The van der Waals surface area contributed by atoms with E-state index < -0.39 is 10.0 Å². The predicted octanol–water partition coefficient (Wildman–Crippen LogP) is 3.27. The van der Waals surface area contributed by atoms with E-state index in [0.29, 0.717) is 9.54 Å². The van der Waals surface area contributed by atoms with Crippen molar-refractivity contribution >= 4 is 53.2 Å². The standard InChI is InChI=1S/C9H13Br2NO2S2/c1-3-7(5-10)12-16(13,14)8-4-6(2)9(11)15-8/h4,7,12H,3,5H2,1-2H3. The summed E-state index contributed by atoms with van der Waals surface area (Å²) in [5.74, 6) is 0. The average Bonchev–Trinajstić information content (AvgIpc) is 2.56. The molecular formula is C9H13Br2NO2S2. The topological polar surface area (TPSA) is 46.2 Å². The van der Waals surface area contributed by atoms with Crippen LogP contribution in [-0.2, 0) is 10.0 Å². The molecule has 0 fully saturated rings. The summed E-state index contributed by atoms with van der Waals surface area (Å²) in [5.41, 5.74) is 0.942. The minimum atomic E-state index is -3.38. The van der Waals surface area contributed by atoms with Crippen LogP contribution in [0.5, 0.6) is 0 Å². The molecule has 0 saturated heterocycles. The van der Waals surface area contributed by atoms with Crippen molar-refractivity contribution in [3.63, 3.8) is 0 Å². The van der Waals surface area contributed by atoms with Crippen LogP contribution in [0.25, 0.3) is 0 Å². The molecule has 0 aliphatic rings. The molecule has 0 aliphatic carbocycles. The van der Waals surface area contributed by atoms with Crippen LogP contribution < -0.4 is 4.72 Å². The highest BCUT2D eigenvalue weighted by atomic mass is 79.9. The maximum atomic E-state index is 12.0. The highest BCUT2D eigenvalue weighted by Gasteiger charge is 2.21. The van der Waals surface area contributed by atoms with Gasteiger partial charge in [0.1, 0.15) is 4.21 Å². The molecule has 16 heavy (non-hydrogen) atoms. The van der Waals surface area contributed by atoms with E-state index in [4.69, 9.17) is 0 Å². The fourth-order valence-electron chi connectivity index (χ4n) is 1.07. The van der Waals surface area contributed by atoms with Gasteiger partial charge in [0, 0.05) is 11.4 Å². The summed E-state index contributed by atoms with van der Waals surface area (Å²) >= 11 is 7.85. The van der Waals surface area contributed by atoms with Gasteiger partial charge < -0.3 is 0 Å². The lowest BCUT2D eigenvalue weighted by molar-refractivity contribution is 0.561. The molecule has 0 radical (unpaired) electrons. The summed E-state index contributed by atoms with van der Waals surface area (Å²) in [6.07, 6.45) is 0.760. The van der Waals surface area contributed by atoms with E-state index >= 15 is 0 Å². The average molecular weight is 391 g/mol. The van der Waals surface area contributed by atoms with Crippen molar-refractivity contribution in [1.82, 2.24) is 4.72 Å². The Labute approximate surface area is 117 Å². The molecule has 1 unspecified atom stereocenters. The van der Waals surface area contributed by atoms with Crippen LogP contribution in [0, 0.1) is 6.92 Å². The Morgan fingerprint density at radius 3 is 2.56 bits per heavy atom. The molecule has 0 aliphatic heterocycles. The van der Waals surface area contributed by atoms with Crippen LogP contribution in [0.3, 0.4) is 0 Å². The SMILES string of the molecule is CCC(CBr)NS(=O)(=O)c1cc(C)c(Br)s1. The van der Waals surface area contributed by atoms with Gasteiger partial charge in [-0.25, -0.2) is 13.1 Å². The number of rotatable bonds is 5. The molecule has 1 heterocycles. The van der Waals surface area contributed by atoms with Gasteiger partial charge in [0.25, 0.3) is 0 Å². The van der Waals surface area contributed by atoms with Gasteiger partial charge in [0.2, 0.25) is 10.0 Å². The Kier molecular flexibility index (Phi) is 5.44. The lowest BCUT2D eigenvalue weighted by atomic mass is 10.3. The van der Waals surface area contributed by atoms with E-state index in [9.17, 15) is 8.42 Å². The molecule has 1 rings (SSSR count). The van der Waals surface area contributed by atoms with E-state index in [1.54, 1.807) is 6.07 Å². The van der Waals surface area contributed by atoms with Crippen LogP contribution >= 0.6 is 43.2 Å². The molecule has 0 bridgehead atoms. The van der Waals surface area contributed by atoms with Gasteiger partial charge in [-0.2, -0.15) is 0 Å². The van der Waals surface area contributed by atoms with Crippen LogP contribution in [0.15, 0.2) is 14.1 Å². The van der Waals surface area contributed by atoms with Crippen molar-refractivity contribution in [2.45, 2.75) is 30.5 Å². The lowest BCUT2D eigenvalue weighted by Crippen LogP contribution is -2.35. The van der Waals surface area contributed by atoms with Crippen molar-refractivity contribution in [3.8, 4) is 0 Å². The van der Waals surface area contributed by atoms with E-state index in [0.717, 1.165) is 15.8 Å². The summed E-state index contributed by atoms with van der Waals surface area (Å²) in [5, 5.41) is 0.619. The number of thiophene rings is 1. The molecule has 0 spiro atoms. The maximum Gasteiger partial charge on any atom is 0.250 e. The Morgan fingerprint density at radius 2 is 2.19 bits per heavy atom. The minimum Gasteiger partial charge on any atom is -0.207 e. The predicted molar refractivity (Wildman–Crippen MR) is 75.0 cm³/mol. The Morgan fingerprint density at radius 1 is 1.56 bits per heavy atom. The first-order valence-electron chi connectivity index (χ1n) is 4.75. The van der Waals surface area contributed by atoms with Crippen molar-refractivity contribution < 1.29 is 8.42 Å². The molecule has 92 valence electrons. The van der Waals surface area contributed by atoms with Gasteiger partial charge >= 0.3 is 0 Å². The molecule has 3 nitrogen and oxygen atoms in total. The fraction of sp³-hybridized carbons (Fsp3) is 0.556. The maximum absolute atomic E-state index is 12.0. The molecule has 1 aromatic heterocycles. The van der Waals surface area contributed by atoms with Gasteiger partial charge in [-0.15, -0.1) is 11.3 Å². The Bertz CT molecular complexity index is 433. The van der Waals surface area contributed by atoms with Gasteiger partial charge in [-0.3, -0.25) is 0 Å². The molecule has 1 atom stereocenters. The first-order chi connectivity index (χ1) is 7.40. The third-order valence-corrected chi connectivity index (χ3v) is 7.01. The number of nitrogens with one attached hydrogen (secondary N) is 1. The van der Waals surface area contributed by atoms with Crippen molar-refractivity contribution in [2.24, 2.45) is 0 Å². The number of hydrogen-bond donors (Lipinski definition) is 1. The first kappa shape index (κ1) is 14.6. The van der Waals surface area contributed by atoms with Crippen LogP contribution in [0.1, 0.15) is 18.9 Å². The number of sulfonamides is 1. The monoisotopic (exact) mass is 389 g/mol. The lowest BCUT2D eigenvalue weighted by Gasteiger charge is -2.12. The largest absolute Gasteiger partial charge is 0.250 e. The molecule has 7 heteroatoms. The summed E-state index contributed by atoms with van der Waals surface area (Å²) in [4.78, 5) is 0. The quantitative estimate of drug-likeness (QED) is 0.784. The summed E-state index contributed by atoms with van der Waals surface area (Å²) in [7, 11) is -3.38. The van der Waals surface area contributed by atoms with Crippen LogP contribution in [0.4, 0.5) is 0 Å².